The summed E-state index contributed by atoms with van der Waals surface area (Å²) in [5.41, 5.74) is 0.275. The van der Waals surface area contributed by atoms with Crippen LogP contribution in [0.5, 0.6) is 0 Å². The Hall–Kier alpha value is -1.98. The molecule has 1 aromatic heterocycles. The fourth-order valence-corrected chi connectivity index (χ4v) is 1.68. The van der Waals surface area contributed by atoms with Gasteiger partial charge < -0.3 is 5.32 Å². The van der Waals surface area contributed by atoms with Crippen molar-refractivity contribution in [2.24, 2.45) is 0 Å². The Morgan fingerprint density at radius 1 is 1.33 bits per heavy atom. The van der Waals surface area contributed by atoms with Crippen molar-refractivity contribution in [3.05, 3.63) is 41.5 Å². The van der Waals surface area contributed by atoms with Crippen LogP contribution in [-0.2, 0) is 13.1 Å². The van der Waals surface area contributed by atoms with Crippen molar-refractivity contribution < 1.29 is 8.78 Å². The summed E-state index contributed by atoms with van der Waals surface area (Å²) in [6, 6.07) is 2.65. The minimum Gasteiger partial charge on any atom is -0.373 e. The number of benzene rings is 1. The van der Waals surface area contributed by atoms with Crippen molar-refractivity contribution >= 4 is 5.69 Å². The van der Waals surface area contributed by atoms with Gasteiger partial charge in [0.15, 0.2) is 5.82 Å². The highest BCUT2D eigenvalue weighted by Crippen LogP contribution is 2.21. The Morgan fingerprint density at radius 2 is 2.11 bits per heavy atom. The Kier molecular flexibility index (Phi) is 3.55. The number of halogens is 2. The zero-order valence-corrected chi connectivity index (χ0v) is 10.2. The van der Waals surface area contributed by atoms with Gasteiger partial charge in [0.1, 0.15) is 23.7 Å². The van der Waals surface area contributed by atoms with Gasteiger partial charge in [0.25, 0.3) is 0 Å². The molecule has 0 saturated carbocycles. The Labute approximate surface area is 104 Å². The zero-order valence-electron chi connectivity index (χ0n) is 10.2. The van der Waals surface area contributed by atoms with E-state index in [0.717, 1.165) is 0 Å². The molecular weight excluding hydrogens is 238 g/mol. The molecule has 0 unspecified atom stereocenters. The monoisotopic (exact) mass is 252 g/mol. The molecule has 0 aliphatic heterocycles. The molecule has 6 heteroatoms. The van der Waals surface area contributed by atoms with E-state index >= 15 is 0 Å². The van der Waals surface area contributed by atoms with Crippen molar-refractivity contribution in [1.82, 2.24) is 14.8 Å². The number of hydrogen-bond donors (Lipinski definition) is 1. The molecule has 96 valence electrons. The van der Waals surface area contributed by atoms with Crippen molar-refractivity contribution in [2.75, 3.05) is 5.32 Å². The maximum Gasteiger partial charge on any atom is 0.152 e. The summed E-state index contributed by atoms with van der Waals surface area (Å²) in [5, 5.41) is 6.71. The van der Waals surface area contributed by atoms with E-state index in [4.69, 9.17) is 0 Å². The molecule has 0 aliphatic rings. The third kappa shape index (κ3) is 2.32. The summed E-state index contributed by atoms with van der Waals surface area (Å²) < 4.78 is 28.9. The maximum absolute atomic E-state index is 13.7. The standard InChI is InChI=1S/C12H14F2N4/c1-3-18-10(16-7-17-18)6-15-12-9(13)5-4-8(2)11(12)14/h4-5,7,15H,3,6H2,1-2H3. The Bertz CT molecular complexity index is 551. The van der Waals surface area contributed by atoms with Gasteiger partial charge in [-0.15, -0.1) is 0 Å². The van der Waals surface area contributed by atoms with Crippen LogP contribution in [0.4, 0.5) is 14.5 Å². The molecule has 18 heavy (non-hydrogen) atoms. The minimum atomic E-state index is -0.610. The number of nitrogens with zero attached hydrogens (tertiary/aromatic N) is 3. The smallest absolute Gasteiger partial charge is 0.152 e. The molecule has 0 saturated heterocycles. The predicted octanol–water partition coefficient (Wildman–Crippen LogP) is 2.50. The number of aromatic nitrogens is 3. The van der Waals surface area contributed by atoms with Crippen LogP contribution in [0.15, 0.2) is 18.5 Å². The molecule has 0 fully saturated rings. The largest absolute Gasteiger partial charge is 0.373 e. The first-order chi connectivity index (χ1) is 8.63. The van der Waals surface area contributed by atoms with Crippen LogP contribution in [0, 0.1) is 18.6 Å². The second-order valence-corrected chi connectivity index (χ2v) is 3.90. The number of rotatable bonds is 4. The van der Waals surface area contributed by atoms with E-state index in [9.17, 15) is 8.78 Å². The first kappa shape index (κ1) is 12.5. The number of aryl methyl sites for hydroxylation is 2. The summed E-state index contributed by atoms with van der Waals surface area (Å²) in [6.45, 7) is 4.40. The van der Waals surface area contributed by atoms with Gasteiger partial charge in [-0.3, -0.25) is 0 Å². The molecule has 4 nitrogen and oxygen atoms in total. The van der Waals surface area contributed by atoms with E-state index < -0.39 is 11.6 Å². The highest BCUT2D eigenvalue weighted by atomic mass is 19.1. The molecule has 1 aromatic carbocycles. The summed E-state index contributed by atoms with van der Waals surface area (Å²) >= 11 is 0. The lowest BCUT2D eigenvalue weighted by molar-refractivity contribution is 0.578. The molecule has 0 radical (unpaired) electrons. The van der Waals surface area contributed by atoms with Crippen LogP contribution in [-0.4, -0.2) is 14.8 Å². The van der Waals surface area contributed by atoms with Crippen LogP contribution < -0.4 is 5.32 Å². The zero-order chi connectivity index (χ0) is 13.1. The molecule has 0 aliphatic carbocycles. The lowest BCUT2D eigenvalue weighted by Crippen LogP contribution is -2.11. The summed E-state index contributed by atoms with van der Waals surface area (Å²) in [5.74, 6) is -0.545. The molecule has 1 N–H and O–H groups in total. The van der Waals surface area contributed by atoms with Crippen LogP contribution in [0.2, 0.25) is 0 Å². The summed E-state index contributed by atoms with van der Waals surface area (Å²) in [4.78, 5) is 4.03. The fraction of sp³-hybridized carbons (Fsp3) is 0.333. The average Bonchev–Trinajstić information content (AvgIpc) is 2.81. The Balaban J connectivity index is 2.18. The molecule has 0 spiro atoms. The number of hydrogen-bond acceptors (Lipinski definition) is 3. The second kappa shape index (κ2) is 5.12. The van der Waals surface area contributed by atoms with E-state index in [-0.39, 0.29) is 12.2 Å². The van der Waals surface area contributed by atoms with Crippen molar-refractivity contribution in [2.45, 2.75) is 26.9 Å². The average molecular weight is 252 g/mol. The van der Waals surface area contributed by atoms with Crippen LogP contribution in [0.25, 0.3) is 0 Å². The van der Waals surface area contributed by atoms with Gasteiger partial charge in [0.2, 0.25) is 0 Å². The van der Waals surface area contributed by atoms with Gasteiger partial charge in [-0.05, 0) is 25.5 Å². The third-order valence-corrected chi connectivity index (χ3v) is 2.70. The van der Waals surface area contributed by atoms with Crippen molar-refractivity contribution in [3.8, 4) is 0 Å². The predicted molar refractivity (Wildman–Crippen MR) is 64.1 cm³/mol. The lowest BCUT2D eigenvalue weighted by atomic mass is 10.2. The SMILES string of the molecule is CCn1ncnc1CNc1c(F)ccc(C)c1F. The van der Waals surface area contributed by atoms with Crippen LogP contribution >= 0.6 is 0 Å². The van der Waals surface area contributed by atoms with Gasteiger partial charge in [0.05, 0.1) is 6.54 Å². The third-order valence-electron chi connectivity index (χ3n) is 2.70. The lowest BCUT2D eigenvalue weighted by Gasteiger charge is -2.10. The van der Waals surface area contributed by atoms with Gasteiger partial charge >= 0.3 is 0 Å². The molecule has 1 heterocycles. The van der Waals surface area contributed by atoms with E-state index in [1.165, 1.54) is 18.5 Å². The summed E-state index contributed by atoms with van der Waals surface area (Å²) in [6.07, 6.45) is 1.42. The molecule has 0 atom stereocenters. The maximum atomic E-state index is 13.7. The van der Waals surface area contributed by atoms with Gasteiger partial charge in [0, 0.05) is 6.54 Å². The van der Waals surface area contributed by atoms with E-state index in [0.29, 0.717) is 17.9 Å². The first-order valence-electron chi connectivity index (χ1n) is 5.68. The van der Waals surface area contributed by atoms with Gasteiger partial charge in [-0.2, -0.15) is 5.10 Å². The van der Waals surface area contributed by atoms with Gasteiger partial charge in [-0.1, -0.05) is 6.07 Å². The number of anilines is 1. The fourth-order valence-electron chi connectivity index (χ4n) is 1.68. The van der Waals surface area contributed by atoms with Crippen LogP contribution in [0.3, 0.4) is 0 Å². The molecule has 2 aromatic rings. The van der Waals surface area contributed by atoms with Crippen LogP contribution in [0.1, 0.15) is 18.3 Å². The van der Waals surface area contributed by atoms with Crippen molar-refractivity contribution in [1.29, 1.82) is 0 Å². The quantitative estimate of drug-likeness (QED) is 0.909. The second-order valence-electron chi connectivity index (χ2n) is 3.90. The molecule has 2 rings (SSSR count). The van der Waals surface area contributed by atoms with Gasteiger partial charge in [-0.25, -0.2) is 18.4 Å². The van der Waals surface area contributed by atoms with E-state index in [1.807, 2.05) is 6.92 Å². The topological polar surface area (TPSA) is 42.7 Å². The molecule has 0 amide bonds. The van der Waals surface area contributed by atoms with E-state index in [1.54, 1.807) is 11.6 Å². The molecule has 0 bridgehead atoms. The molecular formula is C12H14F2N4. The summed E-state index contributed by atoms with van der Waals surface area (Å²) in [7, 11) is 0. The normalized spacial score (nSPS) is 10.7. The van der Waals surface area contributed by atoms with Crippen molar-refractivity contribution in [3.63, 3.8) is 0 Å². The highest BCUT2D eigenvalue weighted by Gasteiger charge is 2.12. The number of nitrogens with one attached hydrogen (secondary N) is 1. The first-order valence-corrected chi connectivity index (χ1v) is 5.68. The minimum absolute atomic E-state index is 0.124. The van der Waals surface area contributed by atoms with E-state index in [2.05, 4.69) is 15.4 Å². The highest BCUT2D eigenvalue weighted by molar-refractivity contribution is 5.48. The Morgan fingerprint density at radius 3 is 2.83 bits per heavy atom.